The molecule has 6 nitrogen and oxygen atoms in total. The van der Waals surface area contributed by atoms with Gasteiger partial charge in [0.15, 0.2) is 0 Å². The molecule has 0 aliphatic carbocycles. The zero-order chi connectivity index (χ0) is 14.9. The summed E-state index contributed by atoms with van der Waals surface area (Å²) in [5.74, 6) is 5.95. The number of nitrogens with two attached hydrogens (primary N) is 1. The number of carbonyl (C=O) groups excluding carboxylic acids is 1. The van der Waals surface area contributed by atoms with E-state index in [0.717, 1.165) is 18.8 Å². The zero-order valence-electron chi connectivity index (χ0n) is 12.6. The lowest BCUT2D eigenvalue weighted by atomic mass is 10.1. The molecule has 1 saturated heterocycles. The highest BCUT2D eigenvalue weighted by Crippen LogP contribution is 2.24. The highest BCUT2D eigenvalue weighted by molar-refractivity contribution is 5.99. The first-order valence-corrected chi connectivity index (χ1v) is 6.83. The van der Waals surface area contributed by atoms with E-state index in [1.54, 1.807) is 12.3 Å². The smallest absolute Gasteiger partial charge is 0.257 e. The number of rotatable bonds is 3. The van der Waals surface area contributed by atoms with E-state index in [4.69, 9.17) is 5.84 Å². The predicted octanol–water partition coefficient (Wildman–Crippen LogP) is 0.698. The second-order valence-electron chi connectivity index (χ2n) is 5.73. The molecule has 1 aromatic heterocycles. The van der Waals surface area contributed by atoms with Crippen molar-refractivity contribution in [1.29, 1.82) is 0 Å². The number of likely N-dealkylation sites (tertiary alicyclic amines) is 1. The number of pyridine rings is 1. The standard InChI is InChI=1S/C14H23N5O/c1-9-7-19(8-13(9)18(3)4)14(20)11-6-16-10(2)5-12(11)17-15/h5-6,9,13H,7-8,15H2,1-4H3,(H,16,17). The second-order valence-corrected chi connectivity index (χ2v) is 5.73. The van der Waals surface area contributed by atoms with E-state index in [1.807, 2.05) is 11.8 Å². The van der Waals surface area contributed by atoms with Gasteiger partial charge < -0.3 is 15.2 Å². The highest BCUT2D eigenvalue weighted by atomic mass is 16.2. The SMILES string of the molecule is Cc1cc(NN)c(C(=O)N2CC(C)C(N(C)C)C2)cn1. The average Bonchev–Trinajstić information content (AvgIpc) is 2.80. The van der Waals surface area contributed by atoms with Gasteiger partial charge in [0.05, 0.1) is 11.3 Å². The molecule has 3 N–H and O–H groups in total. The lowest BCUT2D eigenvalue weighted by molar-refractivity contribution is 0.0782. The maximum absolute atomic E-state index is 12.6. The minimum Gasteiger partial charge on any atom is -0.337 e. The first kappa shape index (κ1) is 14.7. The normalized spacial score (nSPS) is 22.4. The van der Waals surface area contributed by atoms with Gasteiger partial charge in [-0.3, -0.25) is 15.6 Å². The van der Waals surface area contributed by atoms with Crippen LogP contribution in [0.1, 0.15) is 23.0 Å². The molecule has 0 spiro atoms. The third-order valence-electron chi connectivity index (χ3n) is 3.95. The molecule has 1 amide bonds. The summed E-state index contributed by atoms with van der Waals surface area (Å²) in [6.07, 6.45) is 1.60. The largest absolute Gasteiger partial charge is 0.337 e. The summed E-state index contributed by atoms with van der Waals surface area (Å²) in [5, 5.41) is 0. The number of hydrazine groups is 1. The molecule has 0 radical (unpaired) electrons. The molecule has 2 unspecified atom stereocenters. The summed E-state index contributed by atoms with van der Waals surface area (Å²) in [6.45, 7) is 5.55. The van der Waals surface area contributed by atoms with Crippen LogP contribution in [0.5, 0.6) is 0 Å². The number of amides is 1. The Labute approximate surface area is 119 Å². The number of nitrogens with one attached hydrogen (secondary N) is 1. The monoisotopic (exact) mass is 277 g/mol. The van der Waals surface area contributed by atoms with Crippen LogP contribution in [-0.4, -0.2) is 53.9 Å². The van der Waals surface area contributed by atoms with Gasteiger partial charge in [0.2, 0.25) is 0 Å². The molecule has 2 atom stereocenters. The highest BCUT2D eigenvalue weighted by Gasteiger charge is 2.34. The van der Waals surface area contributed by atoms with Crippen molar-refractivity contribution in [3.8, 4) is 0 Å². The van der Waals surface area contributed by atoms with E-state index in [9.17, 15) is 4.79 Å². The van der Waals surface area contributed by atoms with Gasteiger partial charge in [0.1, 0.15) is 0 Å². The van der Waals surface area contributed by atoms with Gasteiger partial charge in [-0.2, -0.15) is 0 Å². The van der Waals surface area contributed by atoms with Crippen LogP contribution in [-0.2, 0) is 0 Å². The summed E-state index contributed by atoms with van der Waals surface area (Å²) in [7, 11) is 4.10. The Balaban J connectivity index is 2.21. The van der Waals surface area contributed by atoms with Gasteiger partial charge in [0, 0.05) is 31.0 Å². The van der Waals surface area contributed by atoms with Crippen LogP contribution in [0.25, 0.3) is 0 Å². The third kappa shape index (κ3) is 2.76. The average molecular weight is 277 g/mol. The number of anilines is 1. The topological polar surface area (TPSA) is 74.5 Å². The number of carbonyl (C=O) groups is 1. The molecule has 2 rings (SSSR count). The second kappa shape index (κ2) is 5.76. The molecule has 2 heterocycles. The van der Waals surface area contributed by atoms with Crippen molar-refractivity contribution in [3.05, 3.63) is 23.5 Å². The van der Waals surface area contributed by atoms with E-state index >= 15 is 0 Å². The molecule has 0 bridgehead atoms. The molecular formula is C14H23N5O. The van der Waals surface area contributed by atoms with Crippen molar-refractivity contribution in [2.75, 3.05) is 32.6 Å². The Hall–Kier alpha value is -1.66. The minimum atomic E-state index is -0.0124. The molecule has 0 saturated carbocycles. The maximum Gasteiger partial charge on any atom is 0.257 e. The van der Waals surface area contributed by atoms with Gasteiger partial charge in [0.25, 0.3) is 5.91 Å². The number of nitrogens with zero attached hydrogens (tertiary/aromatic N) is 3. The first-order valence-electron chi connectivity index (χ1n) is 6.83. The Morgan fingerprint density at radius 3 is 2.75 bits per heavy atom. The van der Waals surface area contributed by atoms with Gasteiger partial charge in [-0.25, -0.2) is 0 Å². The van der Waals surface area contributed by atoms with Crippen molar-refractivity contribution >= 4 is 11.6 Å². The van der Waals surface area contributed by atoms with Crippen LogP contribution in [0.15, 0.2) is 12.3 Å². The van der Waals surface area contributed by atoms with Gasteiger partial charge in [-0.05, 0) is 33.0 Å². The molecule has 1 fully saturated rings. The molecule has 1 aliphatic rings. The van der Waals surface area contributed by atoms with Crippen molar-refractivity contribution < 1.29 is 4.79 Å². The lowest BCUT2D eigenvalue weighted by Gasteiger charge is -2.22. The van der Waals surface area contributed by atoms with Crippen LogP contribution >= 0.6 is 0 Å². The zero-order valence-corrected chi connectivity index (χ0v) is 12.6. The third-order valence-corrected chi connectivity index (χ3v) is 3.95. The quantitative estimate of drug-likeness (QED) is 0.628. The minimum absolute atomic E-state index is 0.0124. The number of aromatic nitrogens is 1. The number of likely N-dealkylation sites (N-methyl/N-ethyl adjacent to an activating group) is 1. The van der Waals surface area contributed by atoms with Gasteiger partial charge in [-0.1, -0.05) is 6.92 Å². The van der Waals surface area contributed by atoms with E-state index < -0.39 is 0 Å². The van der Waals surface area contributed by atoms with Crippen LogP contribution in [0.3, 0.4) is 0 Å². The van der Waals surface area contributed by atoms with Crippen molar-refractivity contribution in [3.63, 3.8) is 0 Å². The van der Waals surface area contributed by atoms with Gasteiger partial charge >= 0.3 is 0 Å². The fraction of sp³-hybridized carbons (Fsp3) is 0.571. The predicted molar refractivity (Wildman–Crippen MR) is 79.3 cm³/mol. The Kier molecular flexibility index (Phi) is 4.25. The Morgan fingerprint density at radius 1 is 1.50 bits per heavy atom. The number of hydrogen-bond acceptors (Lipinski definition) is 5. The lowest BCUT2D eigenvalue weighted by Crippen LogP contribution is -2.36. The molecular weight excluding hydrogens is 254 g/mol. The van der Waals surface area contributed by atoms with Crippen LogP contribution in [0.4, 0.5) is 5.69 Å². The Bertz CT molecular complexity index is 502. The van der Waals surface area contributed by atoms with Crippen molar-refractivity contribution in [2.24, 2.45) is 11.8 Å². The van der Waals surface area contributed by atoms with Gasteiger partial charge in [-0.15, -0.1) is 0 Å². The number of nitrogen functional groups attached to an aromatic ring is 1. The van der Waals surface area contributed by atoms with E-state index in [-0.39, 0.29) is 5.91 Å². The first-order chi connectivity index (χ1) is 9.43. The fourth-order valence-electron chi connectivity index (χ4n) is 2.81. The molecule has 1 aliphatic heterocycles. The fourth-order valence-corrected chi connectivity index (χ4v) is 2.81. The molecule has 0 aromatic carbocycles. The van der Waals surface area contributed by atoms with Crippen molar-refractivity contribution in [2.45, 2.75) is 19.9 Å². The van der Waals surface area contributed by atoms with E-state index in [2.05, 4.69) is 36.3 Å². The number of hydrogen-bond donors (Lipinski definition) is 2. The van der Waals surface area contributed by atoms with Crippen LogP contribution in [0.2, 0.25) is 0 Å². The molecule has 6 heteroatoms. The summed E-state index contributed by atoms with van der Waals surface area (Å²) in [4.78, 5) is 20.9. The summed E-state index contributed by atoms with van der Waals surface area (Å²) < 4.78 is 0. The molecule has 1 aromatic rings. The summed E-state index contributed by atoms with van der Waals surface area (Å²) in [5.41, 5.74) is 4.58. The summed E-state index contributed by atoms with van der Waals surface area (Å²) in [6, 6.07) is 2.18. The van der Waals surface area contributed by atoms with Crippen LogP contribution < -0.4 is 11.3 Å². The summed E-state index contributed by atoms with van der Waals surface area (Å²) >= 11 is 0. The van der Waals surface area contributed by atoms with Crippen LogP contribution in [0, 0.1) is 12.8 Å². The number of aryl methyl sites for hydroxylation is 1. The van der Waals surface area contributed by atoms with E-state index in [1.165, 1.54) is 0 Å². The molecule has 110 valence electrons. The maximum atomic E-state index is 12.6. The van der Waals surface area contributed by atoms with Crippen molar-refractivity contribution in [1.82, 2.24) is 14.8 Å². The Morgan fingerprint density at radius 2 is 2.20 bits per heavy atom. The molecule has 20 heavy (non-hydrogen) atoms. The van der Waals surface area contributed by atoms with E-state index in [0.29, 0.717) is 23.2 Å².